The third-order valence-electron chi connectivity index (χ3n) is 2.33. The van der Waals surface area contributed by atoms with Gasteiger partial charge in [-0.2, -0.15) is 5.26 Å². The van der Waals surface area contributed by atoms with Gasteiger partial charge in [0.25, 0.3) is 0 Å². The minimum absolute atomic E-state index is 0.493. The first-order valence-corrected chi connectivity index (χ1v) is 5.27. The van der Waals surface area contributed by atoms with Crippen LogP contribution in [0, 0.1) is 11.5 Å². The Morgan fingerprint density at radius 2 is 2.37 bits per heavy atom. The lowest BCUT2D eigenvalue weighted by atomic mass is 10.1. The number of nitrogens with zero attached hydrogens (tertiary/aromatic N) is 2. The van der Waals surface area contributed by atoms with Crippen molar-refractivity contribution in [2.24, 2.45) is 0 Å². The van der Waals surface area contributed by atoms with Crippen LogP contribution >= 0.6 is 0 Å². The van der Waals surface area contributed by atoms with Crippen molar-refractivity contribution in [1.29, 1.82) is 5.26 Å². The van der Waals surface area contributed by atoms with E-state index in [2.05, 4.69) is 10.3 Å². The monoisotopic (exact) mass is 258 g/mol. The number of hydrogen-bond acceptors (Lipinski definition) is 5. The fourth-order valence-corrected chi connectivity index (χ4v) is 1.53. The van der Waals surface area contributed by atoms with Crippen molar-refractivity contribution < 1.29 is 13.9 Å². The highest BCUT2D eigenvalue weighted by Gasteiger charge is 2.10. The van der Waals surface area contributed by atoms with E-state index in [0.29, 0.717) is 22.8 Å². The number of oxazole rings is 1. The average Bonchev–Trinajstić information content (AvgIpc) is 2.92. The number of carbonyl (C=O) groups excluding carboxylic acids is 1. The van der Waals surface area contributed by atoms with Crippen LogP contribution in [0.4, 0.5) is 10.5 Å². The van der Waals surface area contributed by atoms with E-state index in [9.17, 15) is 4.79 Å². The summed E-state index contributed by atoms with van der Waals surface area (Å²) in [4.78, 5) is 15.0. The van der Waals surface area contributed by atoms with Crippen LogP contribution < -0.4 is 15.4 Å². The Labute approximate surface area is 108 Å². The molecule has 2 aromatic rings. The summed E-state index contributed by atoms with van der Waals surface area (Å²) in [6, 6.07) is 4.39. The van der Waals surface area contributed by atoms with E-state index in [4.69, 9.17) is 14.4 Å². The van der Waals surface area contributed by atoms with Crippen molar-refractivity contribution in [3.63, 3.8) is 0 Å². The number of methoxy groups -OCH3 is 1. The predicted molar refractivity (Wildman–Crippen MR) is 66.3 cm³/mol. The Morgan fingerprint density at radius 3 is 3.00 bits per heavy atom. The summed E-state index contributed by atoms with van der Waals surface area (Å²) >= 11 is 0. The molecule has 1 heterocycles. The molecular formula is C12H10N4O3. The van der Waals surface area contributed by atoms with Gasteiger partial charge in [-0.15, -0.1) is 0 Å². The topological polar surface area (TPSA) is 100 Å². The fraction of sp³-hybridized carbons (Fsp3) is 0.0833. The van der Waals surface area contributed by atoms with Gasteiger partial charge in [0.05, 0.1) is 18.9 Å². The maximum Gasteiger partial charge on any atom is 0.332 e. The van der Waals surface area contributed by atoms with Gasteiger partial charge in [0.15, 0.2) is 18.3 Å². The zero-order valence-corrected chi connectivity index (χ0v) is 10.0. The Kier molecular flexibility index (Phi) is 3.64. The lowest BCUT2D eigenvalue weighted by Crippen LogP contribution is -2.23. The van der Waals surface area contributed by atoms with E-state index in [1.165, 1.54) is 19.7 Å². The molecule has 7 heteroatoms. The number of benzene rings is 1. The second kappa shape index (κ2) is 5.55. The molecule has 19 heavy (non-hydrogen) atoms. The van der Waals surface area contributed by atoms with Gasteiger partial charge in [0.2, 0.25) is 0 Å². The molecule has 2 rings (SSSR count). The lowest BCUT2D eigenvalue weighted by Gasteiger charge is -2.09. The number of urea groups is 1. The average molecular weight is 258 g/mol. The normalized spacial score (nSPS) is 9.47. The van der Waals surface area contributed by atoms with E-state index in [-0.39, 0.29) is 0 Å². The number of rotatable bonds is 3. The van der Waals surface area contributed by atoms with Gasteiger partial charge in [-0.05, 0) is 12.1 Å². The summed E-state index contributed by atoms with van der Waals surface area (Å²) < 4.78 is 10.4. The number of amides is 2. The number of ether oxygens (including phenoxy) is 1. The smallest absolute Gasteiger partial charge is 0.332 e. The predicted octanol–water partition coefficient (Wildman–Crippen LogP) is 1.95. The molecule has 96 valence electrons. The standard InChI is InChI=1S/C12H10N4O3/c1-18-10-4-8(16-12(17)15-6-13)2-3-9(10)11-5-14-7-19-11/h2-5,7H,1H3,(H2,15,16,17). The minimum Gasteiger partial charge on any atom is -0.496 e. The molecule has 0 fully saturated rings. The van der Waals surface area contributed by atoms with Crippen molar-refractivity contribution in [2.45, 2.75) is 0 Å². The zero-order valence-electron chi connectivity index (χ0n) is 10.0. The van der Waals surface area contributed by atoms with E-state index >= 15 is 0 Å². The zero-order chi connectivity index (χ0) is 13.7. The van der Waals surface area contributed by atoms with Gasteiger partial charge in [-0.1, -0.05) is 0 Å². The summed E-state index contributed by atoms with van der Waals surface area (Å²) in [5.74, 6) is 1.08. The SMILES string of the molecule is COc1cc(NC(=O)NC#N)ccc1-c1cnco1. The van der Waals surface area contributed by atoms with Gasteiger partial charge < -0.3 is 14.5 Å². The van der Waals surface area contributed by atoms with E-state index < -0.39 is 6.03 Å². The van der Waals surface area contributed by atoms with Crippen LogP contribution in [0.2, 0.25) is 0 Å². The second-order valence-corrected chi connectivity index (χ2v) is 3.47. The minimum atomic E-state index is -0.614. The summed E-state index contributed by atoms with van der Waals surface area (Å²) in [5, 5.41) is 12.8. The largest absolute Gasteiger partial charge is 0.496 e. The highest BCUT2D eigenvalue weighted by Crippen LogP contribution is 2.32. The van der Waals surface area contributed by atoms with Crippen LogP contribution in [0.5, 0.6) is 5.75 Å². The molecule has 0 atom stereocenters. The van der Waals surface area contributed by atoms with Crippen LogP contribution in [-0.2, 0) is 0 Å². The molecule has 0 spiro atoms. The number of aromatic nitrogens is 1. The van der Waals surface area contributed by atoms with Crippen LogP contribution in [-0.4, -0.2) is 18.1 Å². The van der Waals surface area contributed by atoms with Gasteiger partial charge in [0, 0.05) is 11.8 Å². The molecule has 0 aliphatic rings. The molecule has 0 saturated heterocycles. The highest BCUT2D eigenvalue weighted by molar-refractivity contribution is 5.91. The van der Waals surface area contributed by atoms with Crippen LogP contribution in [0.3, 0.4) is 0 Å². The molecule has 1 aromatic carbocycles. The van der Waals surface area contributed by atoms with Gasteiger partial charge in [0.1, 0.15) is 5.75 Å². The van der Waals surface area contributed by atoms with E-state index in [0.717, 1.165) is 0 Å². The Hall–Kier alpha value is -3.01. The molecule has 0 saturated carbocycles. The Bertz CT molecular complexity index is 616. The molecule has 0 aliphatic carbocycles. The molecule has 0 bridgehead atoms. The molecular weight excluding hydrogens is 248 g/mol. The molecule has 0 radical (unpaired) electrons. The van der Waals surface area contributed by atoms with Gasteiger partial charge in [-0.25, -0.2) is 15.1 Å². The number of nitriles is 1. The maximum atomic E-state index is 11.2. The molecule has 0 unspecified atom stereocenters. The van der Waals surface area contributed by atoms with E-state index in [1.807, 2.05) is 5.32 Å². The fourth-order valence-electron chi connectivity index (χ4n) is 1.53. The molecule has 2 amide bonds. The van der Waals surface area contributed by atoms with Crippen molar-refractivity contribution in [3.05, 3.63) is 30.8 Å². The first kappa shape index (κ1) is 12.4. The second-order valence-electron chi connectivity index (χ2n) is 3.47. The third kappa shape index (κ3) is 2.81. The summed E-state index contributed by atoms with van der Waals surface area (Å²) in [6.07, 6.45) is 4.42. The van der Waals surface area contributed by atoms with Crippen LogP contribution in [0.15, 0.2) is 35.2 Å². The van der Waals surface area contributed by atoms with Crippen LogP contribution in [0.1, 0.15) is 0 Å². The molecule has 1 aromatic heterocycles. The highest BCUT2D eigenvalue weighted by atomic mass is 16.5. The summed E-state index contributed by atoms with van der Waals surface area (Å²) in [6.45, 7) is 0. The quantitative estimate of drug-likeness (QED) is 0.647. The van der Waals surface area contributed by atoms with Crippen molar-refractivity contribution >= 4 is 11.7 Å². The van der Waals surface area contributed by atoms with Crippen LogP contribution in [0.25, 0.3) is 11.3 Å². The lowest BCUT2D eigenvalue weighted by molar-refractivity contribution is 0.255. The Balaban J connectivity index is 2.27. The first-order chi connectivity index (χ1) is 9.24. The summed E-state index contributed by atoms with van der Waals surface area (Å²) in [7, 11) is 1.51. The molecule has 0 aliphatic heterocycles. The first-order valence-electron chi connectivity index (χ1n) is 5.27. The van der Waals surface area contributed by atoms with Crippen molar-refractivity contribution in [1.82, 2.24) is 10.3 Å². The maximum absolute atomic E-state index is 11.2. The number of anilines is 1. The third-order valence-corrected chi connectivity index (χ3v) is 2.33. The number of carbonyl (C=O) groups is 1. The van der Waals surface area contributed by atoms with Crippen molar-refractivity contribution in [2.75, 3.05) is 12.4 Å². The molecule has 7 nitrogen and oxygen atoms in total. The number of hydrogen-bond donors (Lipinski definition) is 2. The molecule has 2 N–H and O–H groups in total. The van der Waals surface area contributed by atoms with E-state index in [1.54, 1.807) is 24.4 Å². The number of nitrogens with one attached hydrogen (secondary N) is 2. The van der Waals surface area contributed by atoms with Gasteiger partial charge >= 0.3 is 6.03 Å². The van der Waals surface area contributed by atoms with Crippen molar-refractivity contribution in [3.8, 4) is 23.3 Å². The Morgan fingerprint density at radius 1 is 1.53 bits per heavy atom. The summed E-state index contributed by atoms with van der Waals surface area (Å²) in [5.41, 5.74) is 1.21. The van der Waals surface area contributed by atoms with Gasteiger partial charge in [-0.3, -0.25) is 0 Å².